The Hall–Kier alpha value is 0.118. The number of hydrogen-bond donors (Lipinski definition) is 0. The Morgan fingerprint density at radius 3 is 1.67 bits per heavy atom. The van der Waals surface area contributed by atoms with Gasteiger partial charge < -0.3 is 16.1 Å². The number of carboxylic acids is 1. The largest absolute Gasteiger partial charge is 2.00 e. The second-order valence-corrected chi connectivity index (χ2v) is 0.492. The van der Waals surface area contributed by atoms with Crippen molar-refractivity contribution in [2.45, 2.75) is 6.92 Å². The van der Waals surface area contributed by atoms with Crippen molar-refractivity contribution in [3.8, 4) is 0 Å². The summed E-state index contributed by atoms with van der Waals surface area (Å²) in [5, 5.41) is 8.89. The maximum absolute atomic E-state index is 8.89. The van der Waals surface area contributed by atoms with Crippen molar-refractivity contribution >= 4 is 5.97 Å². The zero-order valence-corrected chi connectivity index (χ0v) is 5.48. The fraction of sp³-hybridized carbons (Fsp3) is 0.500. The number of aliphatic carboxylic acids is 1. The average Bonchev–Trinajstić information content (AvgIpc) is 0.811. The SMILES string of the molecule is CC(=O)[O-].[NH2-].[Pt+2]. The van der Waals surface area contributed by atoms with Gasteiger partial charge in [-0.25, -0.2) is 0 Å². The van der Waals surface area contributed by atoms with Gasteiger partial charge in [0.1, 0.15) is 0 Å². The van der Waals surface area contributed by atoms with Crippen LogP contribution in [-0.2, 0) is 25.9 Å². The van der Waals surface area contributed by atoms with E-state index >= 15 is 0 Å². The summed E-state index contributed by atoms with van der Waals surface area (Å²) >= 11 is 0. The van der Waals surface area contributed by atoms with Gasteiger partial charge in [-0.05, 0) is 6.92 Å². The zero-order chi connectivity index (χ0) is 3.58. The Balaban J connectivity index is -0.0000000450. The zero-order valence-electron chi connectivity index (χ0n) is 3.21. The molecular weight excluding hydrogens is 265 g/mol. The number of rotatable bonds is 0. The second-order valence-electron chi connectivity index (χ2n) is 0.492. The van der Waals surface area contributed by atoms with Crippen molar-refractivity contribution in [2.75, 3.05) is 0 Å². The molecule has 0 aliphatic rings. The van der Waals surface area contributed by atoms with E-state index in [2.05, 4.69) is 0 Å². The standard InChI is InChI=1S/C2H4O2.H2N.Pt/c1-2(3)4;;/h1H3,(H,3,4);1H2;/q;-1;+2/p-1. The molecule has 40 valence electrons. The van der Waals surface area contributed by atoms with Crippen LogP contribution in [0.2, 0.25) is 0 Å². The van der Waals surface area contributed by atoms with Gasteiger partial charge in [-0.15, -0.1) is 0 Å². The predicted octanol–water partition coefficient (Wildman–Crippen LogP) is -0.529. The molecule has 4 heteroatoms. The molecule has 6 heavy (non-hydrogen) atoms. The van der Waals surface area contributed by atoms with Crippen molar-refractivity contribution in [3.05, 3.63) is 6.15 Å². The molecule has 0 atom stereocenters. The van der Waals surface area contributed by atoms with Gasteiger partial charge in [0.25, 0.3) is 0 Å². The van der Waals surface area contributed by atoms with E-state index in [1.165, 1.54) is 0 Å². The number of nitrogens with two attached hydrogens (primary N) is 1. The van der Waals surface area contributed by atoms with Gasteiger partial charge in [-0.3, -0.25) is 0 Å². The molecule has 3 nitrogen and oxygen atoms in total. The number of carbonyl (C=O) groups is 1. The molecule has 0 fully saturated rings. The maximum atomic E-state index is 8.89. The van der Waals surface area contributed by atoms with Crippen LogP contribution in [0, 0.1) is 0 Å². The molecule has 0 spiro atoms. The summed E-state index contributed by atoms with van der Waals surface area (Å²) in [7, 11) is 0. The van der Waals surface area contributed by atoms with E-state index in [4.69, 9.17) is 9.90 Å². The summed E-state index contributed by atoms with van der Waals surface area (Å²) in [4.78, 5) is 8.89. The Labute approximate surface area is 50.6 Å². The molecule has 0 amide bonds. The smallest absolute Gasteiger partial charge is 0.693 e. The first kappa shape index (κ1) is 16.5. The van der Waals surface area contributed by atoms with E-state index in [-0.39, 0.29) is 27.2 Å². The summed E-state index contributed by atoms with van der Waals surface area (Å²) in [5.41, 5.74) is 0. The van der Waals surface area contributed by atoms with Crippen LogP contribution in [0.3, 0.4) is 0 Å². The first-order chi connectivity index (χ1) is 1.73. The van der Waals surface area contributed by atoms with Gasteiger partial charge in [-0.1, -0.05) is 0 Å². The molecule has 0 saturated heterocycles. The van der Waals surface area contributed by atoms with Crippen LogP contribution in [-0.4, -0.2) is 5.97 Å². The van der Waals surface area contributed by atoms with Gasteiger partial charge >= 0.3 is 21.1 Å². The molecule has 0 aromatic heterocycles. The fourth-order valence-electron chi connectivity index (χ4n) is 0. The summed E-state index contributed by atoms with van der Waals surface area (Å²) in [5.74, 6) is -1.08. The maximum Gasteiger partial charge on any atom is 2.00 e. The topological polar surface area (TPSA) is 73.6 Å². The molecule has 0 radical (unpaired) electrons. The Bertz CT molecular complexity index is 34.5. The minimum absolute atomic E-state index is 0. The normalized spacial score (nSPS) is 4.17. The van der Waals surface area contributed by atoms with E-state index in [9.17, 15) is 0 Å². The van der Waals surface area contributed by atoms with Crippen LogP contribution in [0.4, 0.5) is 0 Å². The Morgan fingerprint density at radius 2 is 1.67 bits per heavy atom. The molecule has 0 heterocycles. The third-order valence-corrected chi connectivity index (χ3v) is 0. The van der Waals surface area contributed by atoms with E-state index in [0.717, 1.165) is 6.92 Å². The molecular formula is C2H5NO2Pt. The van der Waals surface area contributed by atoms with Crippen LogP contribution in [0.15, 0.2) is 0 Å². The van der Waals surface area contributed by atoms with Crippen LogP contribution >= 0.6 is 0 Å². The molecule has 0 aromatic carbocycles. The number of hydrogen-bond acceptors (Lipinski definition) is 2. The number of carbonyl (C=O) groups excluding carboxylic acids is 1. The molecule has 0 aliphatic heterocycles. The van der Waals surface area contributed by atoms with Crippen molar-refractivity contribution in [1.29, 1.82) is 0 Å². The van der Waals surface area contributed by atoms with Crippen molar-refractivity contribution in [2.24, 2.45) is 0 Å². The van der Waals surface area contributed by atoms with Gasteiger partial charge in [-0.2, -0.15) is 0 Å². The Kier molecular flexibility index (Phi) is 24.5. The third kappa shape index (κ3) is 2860. The fourth-order valence-corrected chi connectivity index (χ4v) is 0. The minimum Gasteiger partial charge on any atom is -0.693 e. The third-order valence-electron chi connectivity index (χ3n) is 0. The van der Waals surface area contributed by atoms with E-state index in [1.54, 1.807) is 0 Å². The summed E-state index contributed by atoms with van der Waals surface area (Å²) in [6, 6.07) is 0. The van der Waals surface area contributed by atoms with E-state index in [1.807, 2.05) is 0 Å². The summed E-state index contributed by atoms with van der Waals surface area (Å²) in [6.45, 7) is 0.972. The number of carboxylic acid groups (broad SMARTS) is 1. The van der Waals surface area contributed by atoms with Crippen LogP contribution in [0.1, 0.15) is 6.92 Å². The first-order valence-electron chi connectivity index (χ1n) is 0.908. The molecule has 0 aromatic rings. The van der Waals surface area contributed by atoms with Crippen molar-refractivity contribution in [1.82, 2.24) is 0 Å². The van der Waals surface area contributed by atoms with Crippen LogP contribution < -0.4 is 5.11 Å². The molecule has 0 bridgehead atoms. The summed E-state index contributed by atoms with van der Waals surface area (Å²) < 4.78 is 0. The van der Waals surface area contributed by atoms with Crippen LogP contribution in [0.25, 0.3) is 6.15 Å². The molecule has 0 aliphatic carbocycles. The molecule has 0 saturated carbocycles. The summed E-state index contributed by atoms with van der Waals surface area (Å²) in [6.07, 6.45) is 0. The van der Waals surface area contributed by atoms with Crippen molar-refractivity contribution < 1.29 is 31.0 Å². The Morgan fingerprint density at radius 1 is 1.67 bits per heavy atom. The quantitative estimate of drug-likeness (QED) is 0.593. The molecule has 0 rings (SSSR count). The molecule has 2 N–H and O–H groups in total. The van der Waals surface area contributed by atoms with Gasteiger partial charge in [0, 0.05) is 5.97 Å². The first-order valence-corrected chi connectivity index (χ1v) is 0.908. The van der Waals surface area contributed by atoms with Gasteiger partial charge in [0.15, 0.2) is 0 Å². The molecule has 0 unspecified atom stereocenters. The van der Waals surface area contributed by atoms with E-state index < -0.39 is 5.97 Å². The van der Waals surface area contributed by atoms with Gasteiger partial charge in [0.2, 0.25) is 0 Å². The second kappa shape index (κ2) is 8.93. The van der Waals surface area contributed by atoms with Gasteiger partial charge in [0.05, 0.1) is 0 Å². The van der Waals surface area contributed by atoms with Crippen molar-refractivity contribution in [3.63, 3.8) is 0 Å². The van der Waals surface area contributed by atoms with Crippen LogP contribution in [0.5, 0.6) is 0 Å². The average molecular weight is 270 g/mol. The minimum atomic E-state index is -1.08. The monoisotopic (exact) mass is 270 g/mol. The van der Waals surface area contributed by atoms with E-state index in [0.29, 0.717) is 0 Å². The predicted molar refractivity (Wildman–Crippen MR) is 16.0 cm³/mol.